The molecule has 0 unspecified atom stereocenters. The van der Waals surface area contributed by atoms with Crippen molar-refractivity contribution in [1.82, 2.24) is 4.90 Å². The van der Waals surface area contributed by atoms with Gasteiger partial charge in [0.15, 0.2) is 0 Å². The molecule has 0 spiro atoms. The molecule has 0 saturated carbocycles. The van der Waals surface area contributed by atoms with Gasteiger partial charge in [-0.2, -0.15) is 0 Å². The molecule has 1 heterocycles. The summed E-state index contributed by atoms with van der Waals surface area (Å²) in [6, 6.07) is 0. The summed E-state index contributed by atoms with van der Waals surface area (Å²) in [4.78, 5) is 2.17. The lowest BCUT2D eigenvalue weighted by Gasteiger charge is -2.21. The zero-order valence-corrected chi connectivity index (χ0v) is 6.83. The Morgan fingerprint density at radius 1 is 1.55 bits per heavy atom. The van der Waals surface area contributed by atoms with Gasteiger partial charge in [-0.25, -0.2) is 0 Å². The molecule has 1 rings (SSSR count). The highest BCUT2D eigenvalue weighted by atomic mass is 15.1. The number of nitrogens with zero attached hydrogens (tertiary/aromatic N) is 1. The normalized spacial score (nSPS) is 19.4. The topological polar surface area (TPSA) is 3.24 Å². The van der Waals surface area contributed by atoms with E-state index < -0.39 is 0 Å². The van der Waals surface area contributed by atoms with Crippen LogP contribution < -0.4 is 0 Å². The van der Waals surface area contributed by atoms with Crippen LogP contribution in [0, 0.1) is 0 Å². The first-order chi connectivity index (χ1) is 5.38. The average molecular weight is 147 g/mol. The predicted molar refractivity (Wildman–Crippen MR) is 48.9 cm³/mol. The zero-order valence-electron chi connectivity index (χ0n) is 6.83. The molecule has 1 heteroatoms. The standard InChI is InChI=1S/C10H13N/c1-3-7-10-8-5-6-9-11(10)4-2/h3,5-9H,1,4H2,2H3/b10-7-. The van der Waals surface area contributed by atoms with Crippen LogP contribution in [0.5, 0.6) is 0 Å². The van der Waals surface area contributed by atoms with Crippen molar-refractivity contribution in [2.45, 2.75) is 6.92 Å². The van der Waals surface area contributed by atoms with Crippen LogP contribution in [0.4, 0.5) is 0 Å². The van der Waals surface area contributed by atoms with E-state index in [1.165, 1.54) is 5.70 Å². The highest BCUT2D eigenvalue weighted by Gasteiger charge is 2.00. The molecular formula is C10H13N. The third kappa shape index (κ3) is 1.84. The van der Waals surface area contributed by atoms with Crippen molar-refractivity contribution in [1.29, 1.82) is 0 Å². The molecule has 11 heavy (non-hydrogen) atoms. The van der Waals surface area contributed by atoms with Crippen LogP contribution >= 0.6 is 0 Å². The number of allylic oxidation sites excluding steroid dienone is 5. The first-order valence-corrected chi connectivity index (χ1v) is 3.82. The van der Waals surface area contributed by atoms with Gasteiger partial charge in [-0.1, -0.05) is 18.7 Å². The van der Waals surface area contributed by atoms with Crippen molar-refractivity contribution in [2.75, 3.05) is 6.54 Å². The first kappa shape index (κ1) is 7.86. The van der Waals surface area contributed by atoms with Gasteiger partial charge in [-0.05, 0) is 25.2 Å². The van der Waals surface area contributed by atoms with Crippen molar-refractivity contribution in [3.8, 4) is 0 Å². The molecule has 0 aromatic carbocycles. The van der Waals surface area contributed by atoms with E-state index in [1.807, 2.05) is 24.3 Å². The Bertz CT molecular complexity index is 221. The predicted octanol–water partition coefficient (Wildman–Crippen LogP) is 2.46. The lowest BCUT2D eigenvalue weighted by Crippen LogP contribution is -2.15. The molecule has 0 atom stereocenters. The summed E-state index contributed by atoms with van der Waals surface area (Å²) in [5.41, 5.74) is 1.20. The summed E-state index contributed by atoms with van der Waals surface area (Å²) in [5, 5.41) is 0. The van der Waals surface area contributed by atoms with Gasteiger partial charge in [0, 0.05) is 18.4 Å². The molecule has 0 aromatic rings. The van der Waals surface area contributed by atoms with Gasteiger partial charge in [-0.15, -0.1) is 0 Å². The van der Waals surface area contributed by atoms with Crippen LogP contribution in [0.3, 0.4) is 0 Å². The molecule has 1 aliphatic rings. The molecule has 1 nitrogen and oxygen atoms in total. The van der Waals surface area contributed by atoms with Gasteiger partial charge in [-0.3, -0.25) is 0 Å². The van der Waals surface area contributed by atoms with Crippen LogP contribution in [0.2, 0.25) is 0 Å². The molecule has 0 saturated heterocycles. The third-order valence-corrected chi connectivity index (χ3v) is 1.61. The largest absolute Gasteiger partial charge is 0.348 e. The summed E-state index contributed by atoms with van der Waals surface area (Å²) in [7, 11) is 0. The summed E-state index contributed by atoms with van der Waals surface area (Å²) < 4.78 is 0. The molecule has 0 aliphatic carbocycles. The van der Waals surface area contributed by atoms with Crippen molar-refractivity contribution in [2.24, 2.45) is 0 Å². The Hall–Kier alpha value is -1.24. The molecule has 0 N–H and O–H groups in total. The van der Waals surface area contributed by atoms with Crippen LogP contribution in [0.1, 0.15) is 6.92 Å². The molecule has 0 bridgehead atoms. The summed E-state index contributed by atoms with van der Waals surface area (Å²) in [5.74, 6) is 0. The maximum absolute atomic E-state index is 3.66. The minimum absolute atomic E-state index is 1.00. The number of rotatable bonds is 2. The second-order valence-electron chi connectivity index (χ2n) is 2.31. The van der Waals surface area contributed by atoms with E-state index in [1.54, 1.807) is 0 Å². The Morgan fingerprint density at radius 3 is 3.00 bits per heavy atom. The highest BCUT2D eigenvalue weighted by Crippen LogP contribution is 2.10. The van der Waals surface area contributed by atoms with Gasteiger partial charge in [0.05, 0.1) is 0 Å². The quantitative estimate of drug-likeness (QED) is 0.580. The lowest BCUT2D eigenvalue weighted by atomic mass is 10.2. The average Bonchev–Trinajstić information content (AvgIpc) is 2.06. The van der Waals surface area contributed by atoms with Gasteiger partial charge < -0.3 is 4.90 Å². The summed E-state index contributed by atoms with van der Waals surface area (Å²) in [6.07, 6.45) is 12.0. The minimum atomic E-state index is 1.00. The van der Waals surface area contributed by atoms with E-state index in [0.717, 1.165) is 6.54 Å². The minimum Gasteiger partial charge on any atom is -0.348 e. The fourth-order valence-corrected chi connectivity index (χ4v) is 1.05. The van der Waals surface area contributed by atoms with Gasteiger partial charge in [0.1, 0.15) is 0 Å². The van der Waals surface area contributed by atoms with Gasteiger partial charge in [0.25, 0.3) is 0 Å². The molecule has 58 valence electrons. The van der Waals surface area contributed by atoms with Crippen LogP contribution in [0.15, 0.2) is 48.9 Å². The summed E-state index contributed by atoms with van der Waals surface area (Å²) in [6.45, 7) is 6.79. The van der Waals surface area contributed by atoms with E-state index >= 15 is 0 Å². The maximum atomic E-state index is 3.66. The Kier molecular flexibility index (Phi) is 2.73. The summed E-state index contributed by atoms with van der Waals surface area (Å²) >= 11 is 0. The molecule has 0 amide bonds. The van der Waals surface area contributed by atoms with E-state index in [-0.39, 0.29) is 0 Å². The SMILES string of the molecule is C=C/C=C1/C=CC=CN1CC. The molecule has 0 radical (unpaired) electrons. The number of hydrogen-bond acceptors (Lipinski definition) is 1. The van der Waals surface area contributed by atoms with E-state index in [4.69, 9.17) is 0 Å². The number of likely N-dealkylation sites (N-methyl/N-ethyl adjacent to an activating group) is 1. The van der Waals surface area contributed by atoms with Crippen molar-refractivity contribution in [3.05, 3.63) is 48.9 Å². The van der Waals surface area contributed by atoms with E-state index in [9.17, 15) is 0 Å². The highest BCUT2D eigenvalue weighted by molar-refractivity contribution is 5.29. The Morgan fingerprint density at radius 2 is 2.36 bits per heavy atom. The molecular weight excluding hydrogens is 134 g/mol. The van der Waals surface area contributed by atoms with Gasteiger partial charge >= 0.3 is 0 Å². The van der Waals surface area contributed by atoms with Crippen molar-refractivity contribution >= 4 is 0 Å². The smallest absolute Gasteiger partial charge is 0.0405 e. The number of hydrogen-bond donors (Lipinski definition) is 0. The van der Waals surface area contributed by atoms with Crippen LogP contribution in [-0.4, -0.2) is 11.4 Å². The monoisotopic (exact) mass is 147 g/mol. The lowest BCUT2D eigenvalue weighted by molar-refractivity contribution is 0.503. The van der Waals surface area contributed by atoms with E-state index in [0.29, 0.717) is 0 Å². The Labute approximate surface area is 68.0 Å². The van der Waals surface area contributed by atoms with Crippen LogP contribution in [0.25, 0.3) is 0 Å². The third-order valence-electron chi connectivity index (χ3n) is 1.61. The molecule has 0 fully saturated rings. The van der Waals surface area contributed by atoms with Crippen molar-refractivity contribution in [3.63, 3.8) is 0 Å². The molecule has 0 aromatic heterocycles. The fraction of sp³-hybridized carbons (Fsp3) is 0.200. The zero-order chi connectivity index (χ0) is 8.10. The maximum Gasteiger partial charge on any atom is 0.0405 e. The molecule has 1 aliphatic heterocycles. The van der Waals surface area contributed by atoms with Crippen molar-refractivity contribution < 1.29 is 0 Å². The fourth-order valence-electron chi connectivity index (χ4n) is 1.05. The van der Waals surface area contributed by atoms with Gasteiger partial charge in [0.2, 0.25) is 0 Å². The first-order valence-electron chi connectivity index (χ1n) is 3.82. The second-order valence-corrected chi connectivity index (χ2v) is 2.31. The second kappa shape index (κ2) is 3.81. The van der Waals surface area contributed by atoms with Crippen LogP contribution in [-0.2, 0) is 0 Å². The Balaban J connectivity index is 2.78. The van der Waals surface area contributed by atoms with E-state index in [2.05, 4.69) is 30.7 Å².